The summed E-state index contributed by atoms with van der Waals surface area (Å²) in [5.74, 6) is 1.80. The van der Waals surface area contributed by atoms with Crippen LogP contribution < -0.4 is 15.0 Å². The average molecular weight is 400 g/mol. The van der Waals surface area contributed by atoms with Gasteiger partial charge in [-0.25, -0.2) is 0 Å². The Hall–Kier alpha value is -3.47. The van der Waals surface area contributed by atoms with Crippen LogP contribution in [-0.4, -0.2) is 12.9 Å². The molecule has 5 nitrogen and oxygen atoms in total. The summed E-state index contributed by atoms with van der Waals surface area (Å²) in [5, 5.41) is 3.57. The fourth-order valence-electron chi connectivity index (χ4n) is 4.44. The Balaban J connectivity index is 1.67. The highest BCUT2D eigenvalue weighted by atomic mass is 16.5. The first-order chi connectivity index (χ1) is 14.7. The van der Waals surface area contributed by atoms with E-state index in [0.717, 1.165) is 52.6 Å². The lowest BCUT2D eigenvalue weighted by molar-refractivity contribution is -0.116. The van der Waals surface area contributed by atoms with Crippen LogP contribution in [0.15, 0.2) is 82.6 Å². The van der Waals surface area contributed by atoms with Crippen LogP contribution in [0.5, 0.6) is 5.75 Å². The third-order valence-electron chi connectivity index (χ3n) is 5.86. The third kappa shape index (κ3) is 3.26. The number of nitrogens with zero attached hydrogens (tertiary/aromatic N) is 1. The maximum Gasteiger partial charge on any atom is 0.163 e. The van der Waals surface area contributed by atoms with Crippen LogP contribution in [0.2, 0.25) is 0 Å². The highest BCUT2D eigenvalue weighted by Gasteiger charge is 2.38. The number of ketones is 1. The van der Waals surface area contributed by atoms with Gasteiger partial charge >= 0.3 is 0 Å². The van der Waals surface area contributed by atoms with Gasteiger partial charge in [0.2, 0.25) is 0 Å². The number of hydrogen-bond acceptors (Lipinski definition) is 5. The van der Waals surface area contributed by atoms with Gasteiger partial charge in [0.25, 0.3) is 0 Å². The molecule has 5 heteroatoms. The molecule has 2 aliphatic rings. The molecule has 1 aliphatic carbocycles. The second-order valence-electron chi connectivity index (χ2n) is 7.71. The molecule has 1 atom stereocenters. The van der Waals surface area contributed by atoms with Gasteiger partial charge in [-0.1, -0.05) is 24.3 Å². The molecular weight excluding hydrogens is 376 g/mol. The number of benzene rings is 2. The van der Waals surface area contributed by atoms with Crippen molar-refractivity contribution in [3.8, 4) is 5.75 Å². The van der Waals surface area contributed by atoms with Crippen LogP contribution in [0.3, 0.4) is 0 Å². The number of carbonyl (C=O) groups excluding carboxylic acids is 1. The van der Waals surface area contributed by atoms with Gasteiger partial charge in [-0.15, -0.1) is 0 Å². The zero-order valence-corrected chi connectivity index (χ0v) is 16.9. The van der Waals surface area contributed by atoms with Crippen molar-refractivity contribution < 1.29 is 13.9 Å². The number of furan rings is 1. The summed E-state index contributed by atoms with van der Waals surface area (Å²) < 4.78 is 11.2. The fourth-order valence-corrected chi connectivity index (χ4v) is 4.44. The zero-order valence-electron chi connectivity index (χ0n) is 16.9. The molecule has 1 N–H and O–H groups in total. The molecule has 0 radical (unpaired) electrons. The van der Waals surface area contributed by atoms with E-state index >= 15 is 0 Å². The molecule has 0 saturated heterocycles. The van der Waals surface area contributed by atoms with E-state index in [9.17, 15) is 4.79 Å². The molecule has 1 aliphatic heterocycles. The van der Waals surface area contributed by atoms with Gasteiger partial charge in [0.1, 0.15) is 17.6 Å². The van der Waals surface area contributed by atoms with Crippen molar-refractivity contribution in [2.45, 2.75) is 31.8 Å². The SMILES string of the molecule is COc1ccc(CN2c3ccccc3NC3=C(C(=O)CCC3)[C@H]2c2ccco2)cc1. The molecule has 0 saturated carbocycles. The highest BCUT2D eigenvalue weighted by Crippen LogP contribution is 2.45. The number of Topliss-reactive ketones (excluding diaryl/α,β-unsaturated/α-hetero) is 1. The van der Waals surface area contributed by atoms with Crippen LogP contribution in [0.1, 0.15) is 36.6 Å². The third-order valence-corrected chi connectivity index (χ3v) is 5.86. The number of nitrogens with one attached hydrogen (secondary N) is 1. The van der Waals surface area contributed by atoms with E-state index in [-0.39, 0.29) is 11.8 Å². The minimum Gasteiger partial charge on any atom is -0.497 e. The lowest BCUT2D eigenvalue weighted by Gasteiger charge is -2.34. The summed E-state index contributed by atoms with van der Waals surface area (Å²) in [6, 6.07) is 19.9. The van der Waals surface area contributed by atoms with Crippen molar-refractivity contribution in [3.63, 3.8) is 0 Å². The molecule has 0 spiro atoms. The molecule has 2 heterocycles. The normalized spacial score (nSPS) is 18.4. The number of carbonyl (C=O) groups is 1. The first kappa shape index (κ1) is 18.6. The molecule has 3 aromatic rings. The molecule has 0 bridgehead atoms. The topological polar surface area (TPSA) is 54.7 Å². The zero-order chi connectivity index (χ0) is 20.5. The molecule has 0 fully saturated rings. The van der Waals surface area contributed by atoms with E-state index < -0.39 is 0 Å². The summed E-state index contributed by atoms with van der Waals surface area (Å²) in [6.45, 7) is 0.637. The summed E-state index contributed by atoms with van der Waals surface area (Å²) in [6.07, 6.45) is 3.99. The summed E-state index contributed by atoms with van der Waals surface area (Å²) >= 11 is 0. The Bertz CT molecular complexity index is 1080. The first-order valence-corrected chi connectivity index (χ1v) is 10.3. The minimum absolute atomic E-state index is 0.192. The molecule has 30 heavy (non-hydrogen) atoms. The largest absolute Gasteiger partial charge is 0.497 e. The van der Waals surface area contributed by atoms with Crippen molar-refractivity contribution in [3.05, 3.63) is 89.5 Å². The van der Waals surface area contributed by atoms with Gasteiger partial charge in [-0.05, 0) is 54.8 Å². The molecule has 5 rings (SSSR count). The molecule has 0 unspecified atom stereocenters. The lowest BCUT2D eigenvalue weighted by Crippen LogP contribution is -2.32. The highest BCUT2D eigenvalue weighted by molar-refractivity contribution is 6.00. The number of para-hydroxylation sites is 2. The maximum absolute atomic E-state index is 13.1. The molecule has 2 aromatic carbocycles. The Morgan fingerprint density at radius 1 is 1.07 bits per heavy atom. The summed E-state index contributed by atoms with van der Waals surface area (Å²) in [5.41, 5.74) is 5.03. The Labute approximate surface area is 176 Å². The van der Waals surface area contributed by atoms with Gasteiger partial charge in [0, 0.05) is 24.2 Å². The Kier molecular flexibility index (Phi) is 4.79. The summed E-state index contributed by atoms with van der Waals surface area (Å²) in [4.78, 5) is 15.4. The Morgan fingerprint density at radius 3 is 2.67 bits per heavy atom. The number of fused-ring (bicyclic) bond motifs is 1. The number of ether oxygens (including phenoxy) is 1. The predicted octanol–water partition coefficient (Wildman–Crippen LogP) is 5.47. The van der Waals surface area contributed by atoms with E-state index in [2.05, 4.69) is 34.5 Å². The van der Waals surface area contributed by atoms with Gasteiger partial charge < -0.3 is 19.4 Å². The molecule has 1 aromatic heterocycles. The Morgan fingerprint density at radius 2 is 1.90 bits per heavy atom. The van der Waals surface area contributed by atoms with Crippen LogP contribution in [0.25, 0.3) is 0 Å². The van der Waals surface area contributed by atoms with Crippen molar-refractivity contribution >= 4 is 17.2 Å². The van der Waals surface area contributed by atoms with Crippen molar-refractivity contribution in [1.29, 1.82) is 0 Å². The minimum atomic E-state index is -0.277. The molecule has 152 valence electrons. The van der Waals surface area contributed by atoms with E-state index in [1.54, 1.807) is 13.4 Å². The fraction of sp³-hybridized carbons (Fsp3) is 0.240. The van der Waals surface area contributed by atoms with E-state index in [1.165, 1.54) is 0 Å². The van der Waals surface area contributed by atoms with Crippen molar-refractivity contribution in [2.24, 2.45) is 0 Å². The number of rotatable bonds is 4. The van der Waals surface area contributed by atoms with Crippen molar-refractivity contribution in [1.82, 2.24) is 0 Å². The van der Waals surface area contributed by atoms with Crippen molar-refractivity contribution in [2.75, 3.05) is 17.3 Å². The number of anilines is 2. The second kappa shape index (κ2) is 7.75. The van der Waals surface area contributed by atoms with E-state index in [4.69, 9.17) is 9.15 Å². The molecule has 0 amide bonds. The van der Waals surface area contributed by atoms with Gasteiger partial charge in [0.05, 0.1) is 24.7 Å². The summed E-state index contributed by atoms with van der Waals surface area (Å²) in [7, 11) is 1.67. The van der Waals surface area contributed by atoms with Crippen LogP contribution in [-0.2, 0) is 11.3 Å². The predicted molar refractivity (Wildman–Crippen MR) is 117 cm³/mol. The van der Waals surface area contributed by atoms with Crippen LogP contribution in [0.4, 0.5) is 11.4 Å². The molecular formula is C25H24N2O3. The van der Waals surface area contributed by atoms with Gasteiger partial charge in [-0.3, -0.25) is 4.79 Å². The smallest absolute Gasteiger partial charge is 0.163 e. The van der Waals surface area contributed by atoms with E-state index in [1.807, 2.05) is 36.4 Å². The second-order valence-corrected chi connectivity index (χ2v) is 7.71. The maximum atomic E-state index is 13.1. The number of methoxy groups -OCH3 is 1. The standard InChI is InChI=1S/C25H24N2O3/c1-29-18-13-11-17(12-14-18)16-27-21-8-3-2-6-19(21)26-20-7-4-9-22(28)24(20)25(27)23-10-5-15-30-23/h2-3,5-6,8,10-15,25-26H,4,7,9,16H2,1H3/t25-/m1/s1. The number of hydrogen-bond donors (Lipinski definition) is 1. The average Bonchev–Trinajstić information content (AvgIpc) is 3.26. The van der Waals surface area contributed by atoms with Gasteiger partial charge in [-0.2, -0.15) is 0 Å². The number of allylic oxidation sites excluding steroid dienone is 1. The quantitative estimate of drug-likeness (QED) is 0.629. The van der Waals surface area contributed by atoms with Gasteiger partial charge in [0.15, 0.2) is 5.78 Å². The lowest BCUT2D eigenvalue weighted by atomic mass is 9.88. The first-order valence-electron chi connectivity index (χ1n) is 10.3. The van der Waals surface area contributed by atoms with E-state index in [0.29, 0.717) is 13.0 Å². The van der Waals surface area contributed by atoms with Crippen LogP contribution in [0, 0.1) is 0 Å². The van der Waals surface area contributed by atoms with Crippen LogP contribution >= 0.6 is 0 Å². The monoisotopic (exact) mass is 400 g/mol.